The largest absolute Gasteiger partial charge is 0.405 e. The summed E-state index contributed by atoms with van der Waals surface area (Å²) in [4.78, 5) is 16.1. The average Bonchev–Trinajstić information content (AvgIpc) is 2.67. The minimum absolute atomic E-state index is 0.0126. The number of amides is 1. The average molecular weight is 605 g/mol. The first-order valence-corrected chi connectivity index (χ1v) is 11.0. The van der Waals surface area contributed by atoms with E-state index in [2.05, 4.69) is 4.99 Å². The van der Waals surface area contributed by atoms with Crippen molar-refractivity contribution in [3.63, 3.8) is 0 Å². The van der Waals surface area contributed by atoms with Crippen molar-refractivity contribution in [1.29, 1.82) is 0 Å². The van der Waals surface area contributed by atoms with Crippen molar-refractivity contribution in [2.45, 2.75) is 38.0 Å². The highest BCUT2D eigenvalue weighted by Crippen LogP contribution is 2.45. The van der Waals surface area contributed by atoms with Crippen molar-refractivity contribution in [3.05, 3.63) is 67.2 Å². The van der Waals surface area contributed by atoms with Crippen LogP contribution in [0.4, 0.5) is 26.3 Å². The van der Waals surface area contributed by atoms with E-state index in [1.807, 2.05) is 22.6 Å². The minimum Gasteiger partial charge on any atom is -0.343 e. The van der Waals surface area contributed by atoms with Gasteiger partial charge in [0.1, 0.15) is 6.54 Å². The fourth-order valence-electron chi connectivity index (χ4n) is 3.26. The molecule has 0 radical (unpaired) electrons. The van der Waals surface area contributed by atoms with Gasteiger partial charge in [-0.2, -0.15) is 26.3 Å². The number of nitrogens with zero attached hydrogens (tertiary/aromatic N) is 1. The maximum absolute atomic E-state index is 14.3. The highest BCUT2D eigenvalue weighted by molar-refractivity contribution is 14.1. The van der Waals surface area contributed by atoms with Crippen LogP contribution in [0.15, 0.2) is 41.4 Å². The number of hydrogen-bond donors (Lipinski definition) is 1. The molecule has 0 fully saturated rings. The molecule has 1 N–H and O–H groups in total. The Hall–Kier alpha value is -1.82. The molecular weight excluding hydrogens is 585 g/mol. The summed E-state index contributed by atoms with van der Waals surface area (Å²) in [7, 11) is 1.35. The molecule has 2 aromatic rings. The maximum Gasteiger partial charge on any atom is 0.405 e. The summed E-state index contributed by atoms with van der Waals surface area (Å²) in [5.74, 6) is -0.931. The van der Waals surface area contributed by atoms with Crippen LogP contribution in [-0.2, 0) is 5.41 Å². The summed E-state index contributed by atoms with van der Waals surface area (Å²) < 4.78 is 80.4. The van der Waals surface area contributed by atoms with Gasteiger partial charge in [-0.05, 0) is 83.5 Å². The molecule has 0 aliphatic carbocycles. The molecule has 0 aliphatic heterocycles. The number of carbonyl (C=O) groups excluding carboxylic acids is 1. The molecule has 0 aliphatic rings. The van der Waals surface area contributed by atoms with Crippen LogP contribution in [0.5, 0.6) is 0 Å². The molecule has 1 atom stereocenters. The molecule has 0 bridgehead atoms. The molecule has 0 saturated heterocycles. The Morgan fingerprint density at radius 1 is 1.09 bits per heavy atom. The molecule has 33 heavy (non-hydrogen) atoms. The van der Waals surface area contributed by atoms with E-state index in [4.69, 9.17) is 11.6 Å². The van der Waals surface area contributed by atoms with Gasteiger partial charge in [-0.15, -0.1) is 0 Å². The van der Waals surface area contributed by atoms with Gasteiger partial charge in [0.2, 0.25) is 0 Å². The Balaban J connectivity index is 2.41. The van der Waals surface area contributed by atoms with E-state index >= 15 is 0 Å². The highest BCUT2D eigenvalue weighted by Gasteiger charge is 2.53. The van der Waals surface area contributed by atoms with E-state index in [1.165, 1.54) is 44.3 Å². The Morgan fingerprint density at radius 3 is 2.21 bits per heavy atom. The van der Waals surface area contributed by atoms with E-state index in [1.54, 1.807) is 11.4 Å². The van der Waals surface area contributed by atoms with E-state index < -0.39 is 36.6 Å². The van der Waals surface area contributed by atoms with Gasteiger partial charge in [-0.25, -0.2) is 0 Å². The summed E-state index contributed by atoms with van der Waals surface area (Å²) in [5.41, 5.74) is -1.60. The van der Waals surface area contributed by atoms with Crippen molar-refractivity contribution in [1.82, 2.24) is 5.32 Å². The summed E-state index contributed by atoms with van der Waals surface area (Å²) >= 11 is 7.89. The van der Waals surface area contributed by atoms with Gasteiger partial charge in [0.25, 0.3) is 5.91 Å². The fourth-order valence-corrected chi connectivity index (χ4v) is 4.35. The lowest BCUT2D eigenvalue weighted by molar-refractivity contribution is -0.183. The fraction of sp³-hybridized carbons (Fsp3) is 0.364. The van der Waals surface area contributed by atoms with Crippen molar-refractivity contribution < 1.29 is 31.1 Å². The van der Waals surface area contributed by atoms with Gasteiger partial charge in [0.05, 0.1) is 5.41 Å². The molecule has 1 unspecified atom stereocenters. The van der Waals surface area contributed by atoms with E-state index in [-0.39, 0.29) is 21.9 Å². The number of halogens is 8. The summed E-state index contributed by atoms with van der Waals surface area (Å²) in [6.45, 7) is 1.06. The molecule has 2 rings (SSSR count). The van der Waals surface area contributed by atoms with Crippen LogP contribution in [0, 0.1) is 10.5 Å². The smallest absolute Gasteiger partial charge is 0.343 e. The van der Waals surface area contributed by atoms with Gasteiger partial charge in [0.15, 0.2) is 0 Å². The molecule has 180 valence electrons. The second-order valence-corrected chi connectivity index (χ2v) is 9.34. The number of alkyl halides is 6. The van der Waals surface area contributed by atoms with E-state index in [9.17, 15) is 31.1 Å². The molecule has 1 amide bonds. The number of hydrogen-bond acceptors (Lipinski definition) is 2. The van der Waals surface area contributed by atoms with Crippen LogP contribution in [0.1, 0.15) is 40.4 Å². The lowest BCUT2D eigenvalue weighted by atomic mass is 9.76. The molecular formula is C22H20ClF6IN2O. The van der Waals surface area contributed by atoms with Gasteiger partial charge >= 0.3 is 12.4 Å². The standard InChI is InChI=1S/C22H20ClF6IN2O/c1-12-6-13(4-5-17(12)19(33)32-11-21(24,25)26)18(31-3)10-20(2,22(27,28)29)14-7-15(23)9-16(30)8-14/h4-9H,10-11H2,1-3H3,(H,32,33)/b31-18+. The quantitative estimate of drug-likeness (QED) is 0.218. The third-order valence-corrected chi connectivity index (χ3v) is 6.01. The Labute approximate surface area is 205 Å². The van der Waals surface area contributed by atoms with Gasteiger partial charge < -0.3 is 5.32 Å². The first-order valence-electron chi connectivity index (χ1n) is 9.52. The third kappa shape index (κ3) is 6.84. The lowest BCUT2D eigenvalue weighted by Gasteiger charge is -2.33. The minimum atomic E-state index is -4.64. The maximum atomic E-state index is 14.3. The SMILES string of the molecule is C/N=C(\CC(C)(c1cc(Cl)cc(I)c1)C(F)(F)F)c1ccc(C(=O)NCC(F)(F)F)c(C)c1. The first kappa shape index (κ1) is 27.4. The van der Waals surface area contributed by atoms with E-state index in [0.717, 1.165) is 6.92 Å². The number of aliphatic imine (C=N–C) groups is 1. The zero-order valence-electron chi connectivity index (χ0n) is 17.8. The molecule has 0 saturated carbocycles. The van der Waals surface area contributed by atoms with Crippen LogP contribution < -0.4 is 5.32 Å². The predicted octanol–water partition coefficient (Wildman–Crippen LogP) is 6.87. The van der Waals surface area contributed by atoms with Crippen molar-refractivity contribution in [2.24, 2.45) is 4.99 Å². The molecule has 11 heteroatoms. The van der Waals surface area contributed by atoms with Gasteiger partial charge in [-0.1, -0.05) is 17.7 Å². The van der Waals surface area contributed by atoms with Crippen molar-refractivity contribution in [2.75, 3.05) is 13.6 Å². The Kier molecular flexibility index (Phi) is 8.48. The summed E-state index contributed by atoms with van der Waals surface area (Å²) in [5, 5.41) is 1.95. The Morgan fingerprint density at radius 2 is 1.73 bits per heavy atom. The predicted molar refractivity (Wildman–Crippen MR) is 124 cm³/mol. The molecule has 0 heterocycles. The Bertz CT molecular complexity index is 1050. The summed E-state index contributed by atoms with van der Waals surface area (Å²) in [6.07, 6.45) is -9.71. The summed E-state index contributed by atoms with van der Waals surface area (Å²) in [6, 6.07) is 8.30. The van der Waals surface area contributed by atoms with Gasteiger partial charge in [0, 0.05) is 33.3 Å². The molecule has 3 nitrogen and oxygen atoms in total. The number of nitrogens with one attached hydrogen (secondary N) is 1. The molecule has 2 aromatic carbocycles. The number of rotatable bonds is 6. The van der Waals surface area contributed by atoms with Gasteiger partial charge in [-0.3, -0.25) is 9.79 Å². The van der Waals surface area contributed by atoms with Crippen LogP contribution >= 0.6 is 34.2 Å². The number of benzene rings is 2. The number of carbonyl (C=O) groups is 1. The van der Waals surface area contributed by atoms with Crippen molar-refractivity contribution >= 4 is 45.8 Å². The third-order valence-electron chi connectivity index (χ3n) is 5.17. The zero-order chi connectivity index (χ0) is 25.2. The van der Waals surface area contributed by atoms with Crippen LogP contribution in [0.2, 0.25) is 5.02 Å². The lowest BCUT2D eigenvalue weighted by Crippen LogP contribution is -2.41. The number of aryl methyl sites for hydroxylation is 1. The van der Waals surface area contributed by atoms with Crippen LogP contribution in [0.3, 0.4) is 0 Å². The highest BCUT2D eigenvalue weighted by atomic mass is 127. The molecule has 0 aromatic heterocycles. The van der Waals surface area contributed by atoms with E-state index in [0.29, 0.717) is 14.7 Å². The normalized spacial score (nSPS) is 14.7. The zero-order valence-corrected chi connectivity index (χ0v) is 20.7. The van der Waals surface area contributed by atoms with Crippen LogP contribution in [0.25, 0.3) is 0 Å². The second kappa shape index (κ2) is 10.2. The second-order valence-electron chi connectivity index (χ2n) is 7.66. The topological polar surface area (TPSA) is 41.5 Å². The van der Waals surface area contributed by atoms with Crippen molar-refractivity contribution in [3.8, 4) is 0 Å². The van der Waals surface area contributed by atoms with Crippen LogP contribution in [-0.4, -0.2) is 37.6 Å². The first-order chi connectivity index (χ1) is 15.1. The molecule has 0 spiro atoms. The monoisotopic (exact) mass is 604 g/mol.